The number of hydrogen-bond acceptors (Lipinski definition) is 3. The lowest BCUT2D eigenvalue weighted by atomic mass is 10.2. The lowest BCUT2D eigenvalue weighted by Crippen LogP contribution is -2.01. The van der Waals surface area contributed by atoms with Crippen molar-refractivity contribution in [3.8, 4) is 0 Å². The Hall–Kier alpha value is -1.55. The van der Waals surface area contributed by atoms with Crippen LogP contribution in [0.2, 0.25) is 5.02 Å². The maximum absolute atomic E-state index is 10.6. The van der Waals surface area contributed by atoms with Gasteiger partial charge in [0, 0.05) is 18.3 Å². The monoisotopic (exact) mass is 226 g/mol. The van der Waals surface area contributed by atoms with E-state index >= 15 is 0 Å². The summed E-state index contributed by atoms with van der Waals surface area (Å²) in [6.45, 7) is 5.95. The average Bonchev–Trinajstić information content (AvgIpc) is 2.18. The molecule has 1 aromatic rings. The van der Waals surface area contributed by atoms with Crippen LogP contribution >= 0.6 is 11.6 Å². The van der Waals surface area contributed by atoms with Crippen molar-refractivity contribution in [1.82, 2.24) is 0 Å². The van der Waals surface area contributed by atoms with Gasteiger partial charge in [-0.2, -0.15) is 0 Å². The van der Waals surface area contributed by atoms with Gasteiger partial charge in [0.25, 0.3) is 5.69 Å². The van der Waals surface area contributed by atoms with Gasteiger partial charge in [-0.05, 0) is 18.6 Å². The standard InChI is InChI=1S/C10H11ClN2O2/c1-3-4-12-9-6-8(11)10(13(14)15)5-7(9)2/h3,5-6,12H,1,4H2,2H3. The Balaban J connectivity index is 3.07. The van der Waals surface area contributed by atoms with Gasteiger partial charge in [0.2, 0.25) is 0 Å². The molecule has 0 amide bonds. The minimum Gasteiger partial charge on any atom is -0.381 e. The Morgan fingerprint density at radius 2 is 2.33 bits per heavy atom. The largest absolute Gasteiger partial charge is 0.381 e. The van der Waals surface area contributed by atoms with Crippen molar-refractivity contribution in [2.24, 2.45) is 0 Å². The van der Waals surface area contributed by atoms with Gasteiger partial charge < -0.3 is 5.32 Å². The summed E-state index contributed by atoms with van der Waals surface area (Å²) < 4.78 is 0. The van der Waals surface area contributed by atoms with Crippen molar-refractivity contribution in [2.75, 3.05) is 11.9 Å². The van der Waals surface area contributed by atoms with Gasteiger partial charge in [0.1, 0.15) is 5.02 Å². The maximum atomic E-state index is 10.6. The van der Waals surface area contributed by atoms with Crippen molar-refractivity contribution >= 4 is 23.0 Å². The van der Waals surface area contributed by atoms with Gasteiger partial charge in [-0.1, -0.05) is 17.7 Å². The molecule has 0 aliphatic rings. The molecule has 1 rings (SSSR count). The van der Waals surface area contributed by atoms with E-state index in [1.165, 1.54) is 6.07 Å². The molecule has 0 aliphatic heterocycles. The lowest BCUT2D eigenvalue weighted by molar-refractivity contribution is -0.384. The van der Waals surface area contributed by atoms with Gasteiger partial charge in [-0.25, -0.2) is 0 Å². The van der Waals surface area contributed by atoms with E-state index in [0.29, 0.717) is 6.54 Å². The van der Waals surface area contributed by atoms with Crippen molar-refractivity contribution in [3.05, 3.63) is 45.5 Å². The summed E-state index contributed by atoms with van der Waals surface area (Å²) in [6, 6.07) is 3.01. The van der Waals surface area contributed by atoms with Crippen LogP contribution < -0.4 is 5.32 Å². The third-order valence-corrected chi connectivity index (χ3v) is 2.23. The minimum absolute atomic E-state index is 0.0710. The summed E-state index contributed by atoms with van der Waals surface area (Å²) in [7, 11) is 0. The zero-order valence-corrected chi connectivity index (χ0v) is 9.04. The van der Waals surface area contributed by atoms with Crippen molar-refractivity contribution in [2.45, 2.75) is 6.92 Å². The van der Waals surface area contributed by atoms with Crippen LogP contribution in [0, 0.1) is 17.0 Å². The molecular weight excluding hydrogens is 216 g/mol. The molecule has 0 saturated heterocycles. The summed E-state index contributed by atoms with van der Waals surface area (Å²) >= 11 is 5.77. The van der Waals surface area contributed by atoms with Crippen LogP contribution in [0.5, 0.6) is 0 Å². The van der Waals surface area contributed by atoms with E-state index in [-0.39, 0.29) is 10.7 Å². The molecule has 1 N–H and O–H groups in total. The van der Waals surface area contributed by atoms with Gasteiger partial charge in [-0.3, -0.25) is 10.1 Å². The number of nitrogens with zero attached hydrogens (tertiary/aromatic N) is 1. The molecule has 15 heavy (non-hydrogen) atoms. The average molecular weight is 227 g/mol. The summed E-state index contributed by atoms with van der Waals surface area (Å²) in [5, 5.41) is 13.8. The molecular formula is C10H11ClN2O2. The van der Waals surface area contributed by atoms with Crippen LogP contribution in [0.15, 0.2) is 24.8 Å². The van der Waals surface area contributed by atoms with E-state index in [9.17, 15) is 10.1 Å². The molecule has 1 aromatic carbocycles. The maximum Gasteiger partial charge on any atom is 0.288 e. The molecule has 0 aromatic heterocycles. The Bertz CT molecular complexity index is 405. The second-order valence-electron chi connectivity index (χ2n) is 3.05. The van der Waals surface area contributed by atoms with Gasteiger partial charge in [0.05, 0.1) is 4.92 Å². The van der Waals surface area contributed by atoms with Crippen molar-refractivity contribution < 1.29 is 4.92 Å². The van der Waals surface area contributed by atoms with E-state index in [1.807, 2.05) is 0 Å². The predicted octanol–water partition coefficient (Wildman–Crippen LogP) is 3.15. The molecule has 0 radical (unpaired) electrons. The molecule has 0 bridgehead atoms. The lowest BCUT2D eigenvalue weighted by Gasteiger charge is -2.07. The number of halogens is 1. The van der Waals surface area contributed by atoms with E-state index in [4.69, 9.17) is 11.6 Å². The quantitative estimate of drug-likeness (QED) is 0.487. The zero-order chi connectivity index (χ0) is 11.4. The fourth-order valence-corrected chi connectivity index (χ4v) is 1.41. The molecule has 0 unspecified atom stereocenters. The molecule has 5 heteroatoms. The van der Waals surface area contributed by atoms with Crippen LogP contribution in [-0.4, -0.2) is 11.5 Å². The highest BCUT2D eigenvalue weighted by atomic mass is 35.5. The molecule has 0 spiro atoms. The molecule has 80 valence electrons. The summed E-state index contributed by atoms with van der Waals surface area (Å²) in [4.78, 5) is 10.1. The van der Waals surface area contributed by atoms with Crippen LogP contribution in [0.3, 0.4) is 0 Å². The van der Waals surface area contributed by atoms with Crippen molar-refractivity contribution in [1.29, 1.82) is 0 Å². The van der Waals surface area contributed by atoms with Crippen molar-refractivity contribution in [3.63, 3.8) is 0 Å². The fraction of sp³-hybridized carbons (Fsp3) is 0.200. The van der Waals surface area contributed by atoms with Crippen LogP contribution in [0.25, 0.3) is 0 Å². The van der Waals surface area contributed by atoms with Crippen LogP contribution in [0.4, 0.5) is 11.4 Å². The van der Waals surface area contributed by atoms with Crippen LogP contribution in [-0.2, 0) is 0 Å². The number of rotatable bonds is 4. The third-order valence-electron chi connectivity index (χ3n) is 1.93. The first-order valence-electron chi connectivity index (χ1n) is 4.35. The first-order valence-corrected chi connectivity index (χ1v) is 4.73. The zero-order valence-electron chi connectivity index (χ0n) is 8.29. The summed E-state index contributed by atoms with van der Waals surface area (Å²) in [5.41, 5.74) is 1.50. The summed E-state index contributed by atoms with van der Waals surface area (Å²) in [6.07, 6.45) is 1.70. The second kappa shape index (κ2) is 4.79. The first-order chi connectivity index (χ1) is 7.06. The molecule has 0 saturated carbocycles. The smallest absolute Gasteiger partial charge is 0.288 e. The second-order valence-corrected chi connectivity index (χ2v) is 3.45. The number of nitrogens with one attached hydrogen (secondary N) is 1. The van der Waals surface area contributed by atoms with E-state index in [2.05, 4.69) is 11.9 Å². The van der Waals surface area contributed by atoms with Crippen LogP contribution in [0.1, 0.15) is 5.56 Å². The van der Waals surface area contributed by atoms with Gasteiger partial charge >= 0.3 is 0 Å². The van der Waals surface area contributed by atoms with E-state index in [1.54, 1.807) is 19.1 Å². The SMILES string of the molecule is C=CCNc1cc(Cl)c([N+](=O)[O-])cc1C. The molecule has 4 nitrogen and oxygen atoms in total. The Labute approximate surface area is 92.7 Å². The number of hydrogen-bond donors (Lipinski definition) is 1. The molecule has 0 atom stereocenters. The topological polar surface area (TPSA) is 55.2 Å². The van der Waals surface area contributed by atoms with E-state index < -0.39 is 4.92 Å². The highest BCUT2D eigenvalue weighted by Gasteiger charge is 2.14. The first kappa shape index (κ1) is 11.5. The highest BCUT2D eigenvalue weighted by Crippen LogP contribution is 2.30. The minimum atomic E-state index is -0.493. The number of benzene rings is 1. The Morgan fingerprint density at radius 1 is 1.67 bits per heavy atom. The Morgan fingerprint density at radius 3 is 2.87 bits per heavy atom. The molecule has 0 heterocycles. The number of aryl methyl sites for hydroxylation is 1. The fourth-order valence-electron chi connectivity index (χ4n) is 1.18. The third kappa shape index (κ3) is 2.70. The van der Waals surface area contributed by atoms with E-state index in [0.717, 1.165) is 11.3 Å². The number of nitro benzene ring substituents is 1. The highest BCUT2D eigenvalue weighted by molar-refractivity contribution is 6.33. The molecule has 0 aliphatic carbocycles. The molecule has 0 fully saturated rings. The normalized spacial score (nSPS) is 9.73. The summed E-state index contributed by atoms with van der Waals surface area (Å²) in [5.74, 6) is 0. The van der Waals surface area contributed by atoms with Gasteiger partial charge in [0.15, 0.2) is 0 Å². The Kier molecular flexibility index (Phi) is 3.68. The predicted molar refractivity (Wildman–Crippen MR) is 61.5 cm³/mol. The van der Waals surface area contributed by atoms with Gasteiger partial charge in [-0.15, -0.1) is 6.58 Å². The number of anilines is 1. The number of nitro groups is 1.